The Bertz CT molecular complexity index is 1380. The Hall–Kier alpha value is -2.86. The lowest BCUT2D eigenvalue weighted by atomic mass is 9.81. The molecule has 3 aromatic rings. The molecule has 38 heavy (non-hydrogen) atoms. The monoisotopic (exact) mass is 646 g/mol. The van der Waals surface area contributed by atoms with E-state index in [1.165, 1.54) is 17.0 Å². The number of hydrogen-bond donors (Lipinski definition) is 1. The van der Waals surface area contributed by atoms with E-state index in [1.54, 1.807) is 30.5 Å². The van der Waals surface area contributed by atoms with Crippen molar-refractivity contribution in [1.29, 1.82) is 0 Å². The van der Waals surface area contributed by atoms with Crippen molar-refractivity contribution >= 4 is 46.1 Å². The van der Waals surface area contributed by atoms with Gasteiger partial charge in [-0.1, -0.05) is 54.1 Å². The van der Waals surface area contributed by atoms with Crippen LogP contribution in [-0.2, 0) is 16.7 Å². The van der Waals surface area contributed by atoms with E-state index in [9.17, 15) is 14.3 Å². The van der Waals surface area contributed by atoms with Crippen molar-refractivity contribution < 1.29 is 19.0 Å². The molecule has 196 valence electrons. The van der Waals surface area contributed by atoms with Crippen molar-refractivity contribution in [3.63, 3.8) is 0 Å². The number of carboxylic acid groups (broad SMARTS) is 1. The van der Waals surface area contributed by atoms with Gasteiger partial charge in [0, 0.05) is 46.4 Å². The lowest BCUT2D eigenvalue weighted by Crippen LogP contribution is -2.49. The van der Waals surface area contributed by atoms with E-state index in [0.717, 1.165) is 5.56 Å². The van der Waals surface area contributed by atoms with Crippen molar-refractivity contribution in [2.24, 2.45) is 4.99 Å². The molecule has 2 aliphatic heterocycles. The number of benzene rings is 2. The summed E-state index contributed by atoms with van der Waals surface area (Å²) in [6.45, 7) is 2.82. The average Bonchev–Trinajstić information content (AvgIpc) is 2.92. The van der Waals surface area contributed by atoms with Gasteiger partial charge >= 0.3 is 6.09 Å². The number of hydrogen-bond acceptors (Lipinski definition) is 5. The molecule has 7 nitrogen and oxygen atoms in total. The lowest BCUT2D eigenvalue weighted by Gasteiger charge is -2.42. The standard InChI is InChI=1S/C28H25ClFIN4O3/c29-22-16-20(30)9-10-21(22)28(17-19-6-2-1-3-7-19)25(31)24(18-34-12-14-38-15-13-34)35(27(36)37)26(33-28)23-8-4-5-11-32-23/h1-11,16H,12-15,17-18H2,(H,36,37). The summed E-state index contributed by atoms with van der Waals surface area (Å²) in [6.07, 6.45) is 0.825. The predicted molar refractivity (Wildman–Crippen MR) is 152 cm³/mol. The molecule has 0 radical (unpaired) electrons. The first-order chi connectivity index (χ1) is 18.4. The summed E-state index contributed by atoms with van der Waals surface area (Å²) in [5, 5.41) is 10.7. The molecular weight excluding hydrogens is 622 g/mol. The number of pyridine rings is 1. The second-order valence-electron chi connectivity index (χ2n) is 9.06. The maximum Gasteiger partial charge on any atom is 0.417 e. The SMILES string of the molecule is O=C(O)N1C(c2ccccn2)=NC(Cc2ccccc2)(c2ccc(F)cc2Cl)C(I)=C1CN1CCOCC1. The van der Waals surface area contributed by atoms with Gasteiger partial charge in [0.1, 0.15) is 17.1 Å². The second kappa shape index (κ2) is 11.5. The number of carbonyl (C=O) groups is 1. The normalized spacial score (nSPS) is 20.4. The minimum absolute atomic E-state index is 0.193. The first kappa shape index (κ1) is 26.7. The fraction of sp³-hybridized carbons (Fsp3) is 0.250. The molecule has 5 rings (SSSR count). The van der Waals surface area contributed by atoms with Crippen molar-refractivity contribution in [3.8, 4) is 0 Å². The summed E-state index contributed by atoms with van der Waals surface area (Å²) in [6, 6.07) is 19.4. The van der Waals surface area contributed by atoms with Gasteiger partial charge in [0.15, 0.2) is 5.84 Å². The molecule has 1 aromatic heterocycles. The zero-order valence-corrected chi connectivity index (χ0v) is 23.3. The van der Waals surface area contributed by atoms with Crippen LogP contribution in [0.1, 0.15) is 16.8 Å². The zero-order valence-electron chi connectivity index (χ0n) is 20.4. The fourth-order valence-corrected chi connectivity index (χ4v) is 6.17. The maximum absolute atomic E-state index is 14.2. The van der Waals surface area contributed by atoms with Gasteiger partial charge in [-0.05, 0) is 52.4 Å². The fourth-order valence-electron chi connectivity index (χ4n) is 4.84. The van der Waals surface area contributed by atoms with E-state index in [1.807, 2.05) is 30.3 Å². The van der Waals surface area contributed by atoms with Crippen LogP contribution in [0.4, 0.5) is 9.18 Å². The van der Waals surface area contributed by atoms with E-state index in [-0.39, 0.29) is 10.9 Å². The molecule has 2 aliphatic rings. The third-order valence-electron chi connectivity index (χ3n) is 6.64. The van der Waals surface area contributed by atoms with Crippen molar-refractivity contribution in [2.75, 3.05) is 32.8 Å². The molecular formula is C28H25ClFIN4O3. The number of aromatic nitrogens is 1. The maximum atomic E-state index is 14.2. The number of aliphatic imine (C=N–C) groups is 1. The number of rotatable bonds is 6. The smallest absolute Gasteiger partial charge is 0.417 e. The molecule has 1 atom stereocenters. The second-order valence-corrected chi connectivity index (χ2v) is 10.6. The van der Waals surface area contributed by atoms with Crippen LogP contribution < -0.4 is 0 Å². The third kappa shape index (κ3) is 5.33. The van der Waals surface area contributed by atoms with Crippen molar-refractivity contribution in [2.45, 2.75) is 12.0 Å². The Labute approximate surface area is 238 Å². The number of ether oxygens (including phenoxy) is 1. The van der Waals surface area contributed by atoms with Crippen LogP contribution in [0, 0.1) is 5.82 Å². The number of morpholine rings is 1. The summed E-state index contributed by atoms with van der Waals surface area (Å²) in [7, 11) is 0. The lowest BCUT2D eigenvalue weighted by molar-refractivity contribution is 0.0401. The number of amides is 1. The van der Waals surface area contributed by atoms with Crippen LogP contribution in [-0.4, -0.2) is 64.7 Å². The summed E-state index contributed by atoms with van der Waals surface area (Å²) in [4.78, 5) is 25.8. The van der Waals surface area contributed by atoms with Crippen LogP contribution in [0.15, 0.2) is 87.2 Å². The minimum Gasteiger partial charge on any atom is -0.464 e. The summed E-state index contributed by atoms with van der Waals surface area (Å²) in [5.41, 5.74) is 1.42. The molecule has 0 saturated carbocycles. The highest BCUT2D eigenvalue weighted by molar-refractivity contribution is 14.1. The molecule has 0 spiro atoms. The van der Waals surface area contributed by atoms with Crippen molar-refractivity contribution in [1.82, 2.24) is 14.8 Å². The Balaban J connectivity index is 1.79. The summed E-state index contributed by atoms with van der Waals surface area (Å²) in [5.74, 6) is -0.267. The molecule has 3 heterocycles. The largest absolute Gasteiger partial charge is 0.464 e. The van der Waals surface area contributed by atoms with E-state index >= 15 is 0 Å². The van der Waals surface area contributed by atoms with Crippen LogP contribution >= 0.6 is 34.2 Å². The topological polar surface area (TPSA) is 78.3 Å². The molecule has 1 unspecified atom stereocenters. The molecule has 1 N–H and O–H groups in total. The highest BCUT2D eigenvalue weighted by Crippen LogP contribution is 2.49. The van der Waals surface area contributed by atoms with E-state index in [4.69, 9.17) is 21.3 Å². The van der Waals surface area contributed by atoms with E-state index in [0.29, 0.717) is 59.8 Å². The molecule has 0 aliphatic carbocycles. The Kier molecular flexibility index (Phi) is 8.08. The highest BCUT2D eigenvalue weighted by Gasteiger charge is 2.46. The van der Waals surface area contributed by atoms with Crippen LogP contribution in [0.5, 0.6) is 0 Å². The number of amidine groups is 1. The van der Waals surface area contributed by atoms with Gasteiger partial charge in [-0.15, -0.1) is 0 Å². The Morgan fingerprint density at radius 1 is 1.11 bits per heavy atom. The predicted octanol–water partition coefficient (Wildman–Crippen LogP) is 5.73. The van der Waals surface area contributed by atoms with E-state index in [2.05, 4.69) is 32.5 Å². The molecule has 0 bridgehead atoms. The van der Waals surface area contributed by atoms with Gasteiger partial charge in [-0.25, -0.2) is 19.1 Å². The third-order valence-corrected chi connectivity index (χ3v) is 8.46. The summed E-state index contributed by atoms with van der Waals surface area (Å²) < 4.78 is 20.4. The molecule has 10 heteroatoms. The first-order valence-electron chi connectivity index (χ1n) is 12.1. The quantitative estimate of drug-likeness (QED) is 0.346. The van der Waals surface area contributed by atoms with Crippen molar-refractivity contribution in [3.05, 3.63) is 110 Å². The molecule has 1 fully saturated rings. The van der Waals surface area contributed by atoms with E-state index < -0.39 is 17.4 Å². The zero-order chi connectivity index (χ0) is 26.7. The van der Waals surface area contributed by atoms with Gasteiger partial charge in [0.05, 0.1) is 18.9 Å². The van der Waals surface area contributed by atoms with Gasteiger partial charge in [-0.3, -0.25) is 9.88 Å². The average molecular weight is 647 g/mol. The van der Waals surface area contributed by atoms with Crippen LogP contribution in [0.2, 0.25) is 5.02 Å². The Morgan fingerprint density at radius 3 is 2.50 bits per heavy atom. The first-order valence-corrected chi connectivity index (χ1v) is 13.6. The minimum atomic E-state index is -1.16. The van der Waals surface area contributed by atoms with Crippen LogP contribution in [0.3, 0.4) is 0 Å². The van der Waals surface area contributed by atoms with Gasteiger partial charge in [0.25, 0.3) is 0 Å². The van der Waals surface area contributed by atoms with Gasteiger partial charge in [0.2, 0.25) is 0 Å². The van der Waals surface area contributed by atoms with Gasteiger partial charge < -0.3 is 9.84 Å². The van der Waals surface area contributed by atoms with Gasteiger partial charge in [-0.2, -0.15) is 0 Å². The Morgan fingerprint density at radius 2 is 1.84 bits per heavy atom. The summed E-state index contributed by atoms with van der Waals surface area (Å²) >= 11 is 8.91. The number of halogens is 3. The van der Waals surface area contributed by atoms with Crippen LogP contribution in [0.25, 0.3) is 0 Å². The number of nitrogens with zero attached hydrogens (tertiary/aromatic N) is 4. The molecule has 1 saturated heterocycles. The molecule has 2 aromatic carbocycles. The molecule has 1 amide bonds. The highest BCUT2D eigenvalue weighted by atomic mass is 127.